The topological polar surface area (TPSA) is 32.3 Å². The van der Waals surface area contributed by atoms with Crippen molar-refractivity contribution in [2.24, 2.45) is 0 Å². The van der Waals surface area contributed by atoms with Gasteiger partial charge in [-0.25, -0.2) is 4.79 Å². The Hall–Kier alpha value is -1.16. The number of nitrogens with zero attached hydrogens (tertiary/aromatic N) is 1. The molecular weight excluding hydrogens is 220 g/mol. The lowest BCUT2D eigenvalue weighted by molar-refractivity contribution is 0.155. The van der Waals surface area contributed by atoms with Gasteiger partial charge in [0, 0.05) is 24.0 Å². The number of carbonyl (C=O) groups excluding carboxylic acids is 1. The summed E-state index contributed by atoms with van der Waals surface area (Å²) in [5, 5.41) is 2.86. The second-order valence-corrected chi connectivity index (χ2v) is 4.61. The van der Waals surface area contributed by atoms with E-state index in [-0.39, 0.29) is 6.03 Å². The predicted octanol–water partition coefficient (Wildman–Crippen LogP) is 2.28. The molecule has 1 N–H and O–H groups in total. The molecule has 4 heteroatoms. The van der Waals surface area contributed by atoms with Gasteiger partial charge in [0.05, 0.1) is 0 Å². The van der Waals surface area contributed by atoms with Gasteiger partial charge >= 0.3 is 6.03 Å². The summed E-state index contributed by atoms with van der Waals surface area (Å²) in [7, 11) is 0. The summed E-state index contributed by atoms with van der Waals surface area (Å²) >= 11 is 4.40. The Kier molecular flexibility index (Phi) is 3.39. The molecule has 1 saturated heterocycles. The highest BCUT2D eigenvalue weighted by Crippen LogP contribution is 2.18. The van der Waals surface area contributed by atoms with E-state index < -0.39 is 0 Å². The van der Waals surface area contributed by atoms with Gasteiger partial charge in [0.25, 0.3) is 0 Å². The third-order valence-corrected chi connectivity index (χ3v) is 3.40. The third-order valence-electron chi connectivity index (χ3n) is 2.96. The van der Waals surface area contributed by atoms with E-state index >= 15 is 0 Å². The van der Waals surface area contributed by atoms with Gasteiger partial charge in [-0.3, -0.25) is 0 Å². The van der Waals surface area contributed by atoms with Crippen LogP contribution in [0.25, 0.3) is 0 Å². The van der Waals surface area contributed by atoms with Gasteiger partial charge in [0.1, 0.15) is 0 Å². The number of urea groups is 1. The zero-order valence-corrected chi connectivity index (χ0v) is 10.2. The molecule has 2 amide bonds. The molecule has 1 aromatic rings. The lowest BCUT2D eigenvalue weighted by Crippen LogP contribution is -2.50. The molecule has 1 aliphatic heterocycles. The summed E-state index contributed by atoms with van der Waals surface area (Å²) < 4.78 is 0. The highest BCUT2D eigenvalue weighted by Gasteiger charge is 2.24. The molecule has 0 aromatic heterocycles. The molecule has 0 bridgehead atoms. The fourth-order valence-corrected chi connectivity index (χ4v) is 2.13. The lowest BCUT2D eigenvalue weighted by Gasteiger charge is -2.34. The highest BCUT2D eigenvalue weighted by atomic mass is 32.1. The zero-order valence-electron chi connectivity index (χ0n) is 9.31. The van der Waals surface area contributed by atoms with Gasteiger partial charge in [-0.1, -0.05) is 18.2 Å². The van der Waals surface area contributed by atoms with E-state index in [4.69, 9.17) is 0 Å². The number of carbonyl (C=O) groups is 1. The second-order valence-electron chi connectivity index (χ2n) is 4.13. The molecule has 1 fully saturated rings. The largest absolute Gasteiger partial charge is 0.338 e. The Morgan fingerprint density at radius 3 is 2.94 bits per heavy atom. The van der Waals surface area contributed by atoms with Crippen molar-refractivity contribution >= 4 is 18.7 Å². The Balaban J connectivity index is 2.14. The van der Waals surface area contributed by atoms with Crippen molar-refractivity contribution in [2.45, 2.75) is 30.8 Å². The average Bonchev–Trinajstić information content (AvgIpc) is 2.26. The molecule has 0 aliphatic carbocycles. The molecule has 1 unspecified atom stereocenters. The summed E-state index contributed by atoms with van der Waals surface area (Å²) in [6.45, 7) is 3.49. The average molecular weight is 236 g/mol. The SMILES string of the molecule is CC1CCNC(=O)N1Cc1ccccc1S. The fraction of sp³-hybridized carbons (Fsp3) is 0.417. The van der Waals surface area contributed by atoms with Crippen LogP contribution in [-0.4, -0.2) is 23.5 Å². The molecule has 16 heavy (non-hydrogen) atoms. The number of amides is 2. The first-order valence-electron chi connectivity index (χ1n) is 5.50. The van der Waals surface area contributed by atoms with Crippen LogP contribution in [0.5, 0.6) is 0 Å². The monoisotopic (exact) mass is 236 g/mol. The van der Waals surface area contributed by atoms with Crippen molar-refractivity contribution in [3.8, 4) is 0 Å². The van der Waals surface area contributed by atoms with Crippen LogP contribution in [-0.2, 0) is 6.54 Å². The summed E-state index contributed by atoms with van der Waals surface area (Å²) in [6.07, 6.45) is 1.00. The van der Waals surface area contributed by atoms with Gasteiger partial charge in [0.15, 0.2) is 0 Å². The Morgan fingerprint density at radius 2 is 2.25 bits per heavy atom. The number of rotatable bonds is 2. The molecular formula is C12H16N2OS. The molecule has 0 saturated carbocycles. The number of thiol groups is 1. The lowest BCUT2D eigenvalue weighted by atomic mass is 10.1. The van der Waals surface area contributed by atoms with Crippen LogP contribution in [0, 0.1) is 0 Å². The predicted molar refractivity (Wildman–Crippen MR) is 66.7 cm³/mol. The summed E-state index contributed by atoms with van der Waals surface area (Å²) in [5.74, 6) is 0. The molecule has 1 aliphatic rings. The smallest absolute Gasteiger partial charge is 0.317 e. The molecule has 0 radical (unpaired) electrons. The van der Waals surface area contributed by atoms with Gasteiger partial charge in [-0.05, 0) is 25.0 Å². The first-order chi connectivity index (χ1) is 7.68. The van der Waals surface area contributed by atoms with Crippen molar-refractivity contribution in [3.05, 3.63) is 29.8 Å². The van der Waals surface area contributed by atoms with E-state index in [1.807, 2.05) is 29.2 Å². The van der Waals surface area contributed by atoms with Crippen molar-refractivity contribution in [1.29, 1.82) is 0 Å². The minimum atomic E-state index is 0.0235. The number of hydrogen-bond donors (Lipinski definition) is 2. The molecule has 3 nitrogen and oxygen atoms in total. The van der Waals surface area contributed by atoms with E-state index in [1.54, 1.807) is 0 Å². The summed E-state index contributed by atoms with van der Waals surface area (Å²) in [4.78, 5) is 14.5. The Morgan fingerprint density at radius 1 is 1.50 bits per heavy atom. The molecule has 1 atom stereocenters. The van der Waals surface area contributed by atoms with Crippen LogP contribution in [0.4, 0.5) is 4.79 Å². The van der Waals surface area contributed by atoms with E-state index in [0.717, 1.165) is 23.4 Å². The van der Waals surface area contributed by atoms with Gasteiger partial charge in [0.2, 0.25) is 0 Å². The standard InChI is InChI=1S/C12H16N2OS/c1-9-6-7-13-12(15)14(9)8-10-4-2-3-5-11(10)16/h2-5,9,16H,6-8H2,1H3,(H,13,15). The van der Waals surface area contributed by atoms with Gasteiger partial charge in [-0.2, -0.15) is 0 Å². The van der Waals surface area contributed by atoms with Crippen molar-refractivity contribution in [1.82, 2.24) is 10.2 Å². The van der Waals surface area contributed by atoms with Gasteiger partial charge in [-0.15, -0.1) is 12.6 Å². The van der Waals surface area contributed by atoms with Crippen LogP contribution in [0.2, 0.25) is 0 Å². The maximum Gasteiger partial charge on any atom is 0.317 e. The minimum absolute atomic E-state index is 0.0235. The fourth-order valence-electron chi connectivity index (χ4n) is 1.90. The molecule has 2 rings (SSSR count). The maximum atomic E-state index is 11.7. The quantitative estimate of drug-likeness (QED) is 0.759. The van der Waals surface area contributed by atoms with Crippen LogP contribution in [0.3, 0.4) is 0 Å². The number of benzene rings is 1. The normalized spacial score (nSPS) is 20.8. The summed E-state index contributed by atoms with van der Waals surface area (Å²) in [6, 6.07) is 8.20. The highest BCUT2D eigenvalue weighted by molar-refractivity contribution is 7.80. The number of nitrogens with one attached hydrogen (secondary N) is 1. The van der Waals surface area contributed by atoms with E-state index in [9.17, 15) is 4.79 Å². The van der Waals surface area contributed by atoms with Crippen LogP contribution in [0.15, 0.2) is 29.2 Å². The van der Waals surface area contributed by atoms with Crippen LogP contribution < -0.4 is 5.32 Å². The second kappa shape index (κ2) is 4.78. The Labute approximate surface area is 101 Å². The molecule has 0 spiro atoms. The molecule has 86 valence electrons. The Bertz CT molecular complexity index is 394. The van der Waals surface area contributed by atoms with E-state index in [2.05, 4.69) is 24.9 Å². The number of hydrogen-bond acceptors (Lipinski definition) is 2. The van der Waals surface area contributed by atoms with Crippen molar-refractivity contribution in [2.75, 3.05) is 6.54 Å². The first kappa shape index (κ1) is 11.3. The van der Waals surface area contributed by atoms with E-state index in [0.29, 0.717) is 12.6 Å². The van der Waals surface area contributed by atoms with Crippen LogP contribution >= 0.6 is 12.6 Å². The van der Waals surface area contributed by atoms with Crippen molar-refractivity contribution < 1.29 is 4.79 Å². The third kappa shape index (κ3) is 2.32. The van der Waals surface area contributed by atoms with E-state index in [1.165, 1.54) is 0 Å². The van der Waals surface area contributed by atoms with Crippen LogP contribution in [0.1, 0.15) is 18.9 Å². The molecule has 1 heterocycles. The maximum absolute atomic E-state index is 11.7. The minimum Gasteiger partial charge on any atom is -0.338 e. The molecule has 1 aromatic carbocycles. The van der Waals surface area contributed by atoms with Gasteiger partial charge < -0.3 is 10.2 Å². The summed E-state index contributed by atoms with van der Waals surface area (Å²) in [5.41, 5.74) is 1.09. The van der Waals surface area contributed by atoms with Crippen molar-refractivity contribution in [3.63, 3.8) is 0 Å². The first-order valence-corrected chi connectivity index (χ1v) is 5.94. The zero-order chi connectivity index (χ0) is 11.5.